The molecule has 1 rings (SSSR count). The average Bonchev–Trinajstić information content (AvgIpc) is 2.28. The Morgan fingerprint density at radius 2 is 2.06 bits per heavy atom. The van der Waals surface area contributed by atoms with Crippen molar-refractivity contribution in [3.05, 3.63) is 23.8 Å². The summed E-state index contributed by atoms with van der Waals surface area (Å²) in [6.45, 7) is 4.12. The van der Waals surface area contributed by atoms with Gasteiger partial charge in [0.25, 0.3) is 0 Å². The van der Waals surface area contributed by atoms with Crippen LogP contribution < -0.4 is 15.2 Å². The highest BCUT2D eigenvalue weighted by atomic mass is 16.5. The zero-order chi connectivity index (χ0) is 12.1. The first-order valence-corrected chi connectivity index (χ1v) is 5.34. The van der Waals surface area contributed by atoms with Gasteiger partial charge in [-0.2, -0.15) is 0 Å². The van der Waals surface area contributed by atoms with Crippen molar-refractivity contribution in [1.82, 2.24) is 0 Å². The van der Waals surface area contributed by atoms with Gasteiger partial charge in [-0.3, -0.25) is 0 Å². The summed E-state index contributed by atoms with van der Waals surface area (Å²) in [6.07, 6.45) is -0.595. The number of nitrogens with two attached hydrogens (primary N) is 1. The van der Waals surface area contributed by atoms with Gasteiger partial charge in [0.15, 0.2) is 11.5 Å². The van der Waals surface area contributed by atoms with Crippen molar-refractivity contribution in [3.63, 3.8) is 0 Å². The Balaban J connectivity index is 3.01. The highest BCUT2D eigenvalue weighted by Crippen LogP contribution is 2.30. The number of methoxy groups -OCH3 is 1. The molecule has 1 aromatic rings. The van der Waals surface area contributed by atoms with E-state index in [9.17, 15) is 5.11 Å². The number of aliphatic hydroxyl groups excluding tert-OH is 1. The minimum absolute atomic E-state index is 0.412. The van der Waals surface area contributed by atoms with Gasteiger partial charge in [-0.25, -0.2) is 0 Å². The molecule has 4 nitrogen and oxygen atoms in total. The van der Waals surface area contributed by atoms with Gasteiger partial charge in [0, 0.05) is 0 Å². The molecule has 0 fully saturated rings. The Morgan fingerprint density at radius 3 is 2.56 bits per heavy atom. The predicted molar refractivity (Wildman–Crippen MR) is 62.8 cm³/mol. The van der Waals surface area contributed by atoms with Crippen LogP contribution in [0.15, 0.2) is 18.2 Å². The predicted octanol–water partition coefficient (Wildman–Crippen LogP) is 1.47. The van der Waals surface area contributed by atoms with Crippen molar-refractivity contribution in [2.24, 2.45) is 5.73 Å². The smallest absolute Gasteiger partial charge is 0.161 e. The Kier molecular flexibility index (Phi) is 4.58. The molecule has 0 bridgehead atoms. The first kappa shape index (κ1) is 12.8. The number of aliphatic hydroxyl groups is 1. The third-order valence-corrected chi connectivity index (χ3v) is 2.39. The van der Waals surface area contributed by atoms with E-state index >= 15 is 0 Å². The molecule has 4 heteroatoms. The topological polar surface area (TPSA) is 64.7 Å². The van der Waals surface area contributed by atoms with E-state index < -0.39 is 12.1 Å². The van der Waals surface area contributed by atoms with Gasteiger partial charge in [-0.15, -0.1) is 0 Å². The zero-order valence-corrected chi connectivity index (χ0v) is 9.93. The number of rotatable bonds is 5. The van der Waals surface area contributed by atoms with Crippen molar-refractivity contribution in [2.45, 2.75) is 26.0 Å². The maximum Gasteiger partial charge on any atom is 0.161 e. The Bertz CT molecular complexity index is 339. The molecule has 16 heavy (non-hydrogen) atoms. The lowest BCUT2D eigenvalue weighted by atomic mass is 10.0. The second-order valence-electron chi connectivity index (χ2n) is 3.61. The Morgan fingerprint density at radius 1 is 1.38 bits per heavy atom. The molecular formula is C12H19NO3. The summed E-state index contributed by atoms with van der Waals surface area (Å²) in [6, 6.07) is 5.02. The molecule has 0 saturated carbocycles. The van der Waals surface area contributed by atoms with Crippen LogP contribution in [-0.2, 0) is 0 Å². The van der Waals surface area contributed by atoms with Gasteiger partial charge in [0.05, 0.1) is 25.9 Å². The summed E-state index contributed by atoms with van der Waals surface area (Å²) >= 11 is 0. The molecule has 0 amide bonds. The van der Waals surface area contributed by atoms with E-state index in [1.807, 2.05) is 13.0 Å². The van der Waals surface area contributed by atoms with Crippen LogP contribution in [0.5, 0.6) is 11.5 Å². The van der Waals surface area contributed by atoms with E-state index in [4.69, 9.17) is 15.2 Å². The molecule has 0 aromatic heterocycles. The summed E-state index contributed by atoms with van der Waals surface area (Å²) < 4.78 is 10.6. The van der Waals surface area contributed by atoms with Crippen LogP contribution in [0, 0.1) is 0 Å². The lowest BCUT2D eigenvalue weighted by molar-refractivity contribution is 0.164. The number of ether oxygens (including phenoxy) is 2. The average molecular weight is 225 g/mol. The molecular weight excluding hydrogens is 206 g/mol. The molecule has 0 aliphatic rings. The molecule has 0 aliphatic carbocycles. The van der Waals surface area contributed by atoms with Gasteiger partial charge in [-0.1, -0.05) is 6.07 Å². The molecule has 0 heterocycles. The van der Waals surface area contributed by atoms with Crippen LogP contribution in [0.1, 0.15) is 25.5 Å². The fourth-order valence-corrected chi connectivity index (χ4v) is 1.45. The van der Waals surface area contributed by atoms with Crippen LogP contribution in [0.3, 0.4) is 0 Å². The highest BCUT2D eigenvalue weighted by molar-refractivity contribution is 5.44. The standard InChI is InChI=1S/C12H19NO3/c1-4-16-11-7-9(12(13)8(2)14)5-6-10(11)15-3/h5-8,12,14H,4,13H2,1-3H3/t8-,12-/m1/s1. The van der Waals surface area contributed by atoms with E-state index in [1.54, 1.807) is 26.2 Å². The molecule has 0 unspecified atom stereocenters. The van der Waals surface area contributed by atoms with Gasteiger partial charge >= 0.3 is 0 Å². The lowest BCUT2D eigenvalue weighted by Gasteiger charge is -2.17. The number of hydrogen-bond donors (Lipinski definition) is 2. The van der Waals surface area contributed by atoms with Gasteiger partial charge in [0.2, 0.25) is 0 Å². The SMILES string of the molecule is CCOc1cc([C@H](N)[C@@H](C)O)ccc1OC. The van der Waals surface area contributed by atoms with E-state index in [-0.39, 0.29) is 0 Å². The first-order chi connectivity index (χ1) is 7.60. The second kappa shape index (κ2) is 5.72. The first-order valence-electron chi connectivity index (χ1n) is 5.34. The van der Waals surface area contributed by atoms with Crippen molar-refractivity contribution in [3.8, 4) is 11.5 Å². The monoisotopic (exact) mass is 225 g/mol. The molecule has 0 spiro atoms. The van der Waals surface area contributed by atoms with Crippen LogP contribution in [0.25, 0.3) is 0 Å². The van der Waals surface area contributed by atoms with Crippen LogP contribution in [0.4, 0.5) is 0 Å². The van der Waals surface area contributed by atoms with Crippen molar-refractivity contribution in [1.29, 1.82) is 0 Å². The molecule has 90 valence electrons. The summed E-state index contributed by atoms with van der Waals surface area (Å²) in [5, 5.41) is 9.42. The van der Waals surface area contributed by atoms with E-state index in [1.165, 1.54) is 0 Å². The van der Waals surface area contributed by atoms with E-state index in [0.717, 1.165) is 5.56 Å². The summed E-state index contributed by atoms with van der Waals surface area (Å²) in [4.78, 5) is 0. The van der Waals surface area contributed by atoms with Gasteiger partial charge in [0.1, 0.15) is 0 Å². The minimum Gasteiger partial charge on any atom is -0.493 e. The molecule has 1 aromatic carbocycles. The van der Waals surface area contributed by atoms with Crippen molar-refractivity contribution < 1.29 is 14.6 Å². The molecule has 0 aliphatic heterocycles. The minimum atomic E-state index is -0.595. The summed E-state index contributed by atoms with van der Waals surface area (Å²) in [5.74, 6) is 1.32. The van der Waals surface area contributed by atoms with Crippen LogP contribution in [0.2, 0.25) is 0 Å². The quantitative estimate of drug-likeness (QED) is 0.796. The van der Waals surface area contributed by atoms with Gasteiger partial charge < -0.3 is 20.3 Å². The molecule has 3 N–H and O–H groups in total. The molecule has 2 atom stereocenters. The fraction of sp³-hybridized carbons (Fsp3) is 0.500. The highest BCUT2D eigenvalue weighted by Gasteiger charge is 2.14. The third-order valence-electron chi connectivity index (χ3n) is 2.39. The fourth-order valence-electron chi connectivity index (χ4n) is 1.45. The maximum absolute atomic E-state index is 9.42. The van der Waals surface area contributed by atoms with E-state index in [2.05, 4.69) is 0 Å². The largest absolute Gasteiger partial charge is 0.493 e. The van der Waals surface area contributed by atoms with Gasteiger partial charge in [-0.05, 0) is 31.5 Å². The maximum atomic E-state index is 9.42. The van der Waals surface area contributed by atoms with Crippen LogP contribution in [-0.4, -0.2) is 24.9 Å². The summed E-state index contributed by atoms with van der Waals surface area (Å²) in [7, 11) is 1.59. The van der Waals surface area contributed by atoms with Crippen molar-refractivity contribution >= 4 is 0 Å². The molecule has 0 saturated heterocycles. The molecule has 0 radical (unpaired) electrons. The normalized spacial score (nSPS) is 14.3. The Labute approximate surface area is 96.0 Å². The second-order valence-corrected chi connectivity index (χ2v) is 3.61. The Hall–Kier alpha value is -1.26. The van der Waals surface area contributed by atoms with Crippen molar-refractivity contribution in [2.75, 3.05) is 13.7 Å². The zero-order valence-electron chi connectivity index (χ0n) is 9.93. The number of benzene rings is 1. The van der Waals surface area contributed by atoms with E-state index in [0.29, 0.717) is 18.1 Å². The number of hydrogen-bond acceptors (Lipinski definition) is 4. The lowest BCUT2D eigenvalue weighted by Crippen LogP contribution is -2.23. The van der Waals surface area contributed by atoms with Crippen LogP contribution >= 0.6 is 0 Å². The third kappa shape index (κ3) is 2.87. The summed E-state index contributed by atoms with van der Waals surface area (Å²) in [5.41, 5.74) is 6.68.